The maximum atomic E-state index is 12.0. The van der Waals surface area contributed by atoms with E-state index >= 15 is 0 Å². The van der Waals surface area contributed by atoms with E-state index in [4.69, 9.17) is 5.73 Å². The summed E-state index contributed by atoms with van der Waals surface area (Å²) in [6.07, 6.45) is 0.823. The van der Waals surface area contributed by atoms with Gasteiger partial charge in [-0.15, -0.1) is 0 Å². The highest BCUT2D eigenvalue weighted by Crippen LogP contribution is 2.17. The minimum atomic E-state index is -4.43. The van der Waals surface area contributed by atoms with Crippen LogP contribution in [0.15, 0.2) is 0 Å². The van der Waals surface area contributed by atoms with Crippen molar-refractivity contribution < 1.29 is 22.6 Å². The lowest BCUT2D eigenvalue weighted by Crippen LogP contribution is -2.50. The van der Waals surface area contributed by atoms with E-state index in [9.17, 15) is 22.6 Å². The standard InChI is InChI=1S/C12H24N2O5S.CH3/c1-5-9(10(13)15)6-8(2)11(16)14-12(3,4)7-20(17,18)19;/h8-9H,5-7H2,1-4H3,(H2,13,15)(H,14,16)(H,17,18,19);1H3/q;+1/p-1. The summed E-state index contributed by atoms with van der Waals surface area (Å²) in [5.74, 6) is -2.46. The van der Waals surface area contributed by atoms with E-state index in [1.807, 2.05) is 0 Å². The van der Waals surface area contributed by atoms with E-state index < -0.39 is 45.1 Å². The highest BCUT2D eigenvalue weighted by atomic mass is 32.2. The molecule has 3 N–H and O–H groups in total. The molecule has 0 saturated heterocycles. The summed E-state index contributed by atoms with van der Waals surface area (Å²) in [4.78, 5) is 23.1. The molecule has 0 spiro atoms. The Balaban J connectivity index is 0. The fraction of sp³-hybridized carbons (Fsp3) is 0.769. The van der Waals surface area contributed by atoms with Gasteiger partial charge in [0.25, 0.3) is 0 Å². The maximum Gasteiger partial charge on any atom is 0.223 e. The molecule has 2 unspecified atom stereocenters. The lowest BCUT2D eigenvalue weighted by Gasteiger charge is -2.29. The first-order valence-corrected chi connectivity index (χ1v) is 8.00. The number of primary amides is 1. The molecule has 0 aliphatic carbocycles. The second-order valence-electron chi connectivity index (χ2n) is 5.72. The quantitative estimate of drug-likeness (QED) is 0.494. The smallest absolute Gasteiger partial charge is 0.223 e. The van der Waals surface area contributed by atoms with Crippen LogP contribution in [0.5, 0.6) is 0 Å². The van der Waals surface area contributed by atoms with Gasteiger partial charge in [-0.1, -0.05) is 13.8 Å². The van der Waals surface area contributed by atoms with E-state index in [2.05, 4.69) is 5.32 Å². The number of carbonyl (C=O) groups is 2. The molecule has 0 bridgehead atoms. The summed E-state index contributed by atoms with van der Waals surface area (Å²) in [5, 5.41) is 2.51. The van der Waals surface area contributed by atoms with Crippen LogP contribution in [0.1, 0.15) is 40.5 Å². The third-order valence-electron chi connectivity index (χ3n) is 2.98. The van der Waals surface area contributed by atoms with Crippen LogP contribution < -0.4 is 11.1 Å². The Bertz CT molecular complexity index is 459. The monoisotopic (exact) mass is 322 g/mol. The van der Waals surface area contributed by atoms with Gasteiger partial charge in [0, 0.05) is 24.8 Å². The Morgan fingerprint density at radius 3 is 2.14 bits per heavy atom. The van der Waals surface area contributed by atoms with Crippen LogP contribution in [0.25, 0.3) is 0 Å². The molecule has 0 fully saturated rings. The van der Waals surface area contributed by atoms with Gasteiger partial charge in [-0.3, -0.25) is 9.59 Å². The summed E-state index contributed by atoms with van der Waals surface area (Å²) < 4.78 is 32.2. The molecule has 0 saturated carbocycles. The van der Waals surface area contributed by atoms with Crippen LogP contribution in [-0.4, -0.2) is 36.1 Å². The predicted octanol–water partition coefficient (Wildman–Crippen LogP) is 0.414. The molecule has 8 heteroatoms. The minimum absolute atomic E-state index is 0. The molecule has 0 aromatic carbocycles. The SMILES string of the molecule is CCC(CC(C)C(=O)NC(C)(C)CS(=O)(=O)[O-])C(N)=O.[CH3+]. The molecular weight excluding hydrogens is 296 g/mol. The van der Waals surface area contributed by atoms with Crippen LogP contribution in [0.2, 0.25) is 0 Å². The molecule has 0 radical (unpaired) electrons. The number of nitrogens with one attached hydrogen (secondary N) is 1. The molecule has 124 valence electrons. The number of hydrogen-bond donors (Lipinski definition) is 2. The van der Waals surface area contributed by atoms with Crippen molar-refractivity contribution in [3.63, 3.8) is 0 Å². The fourth-order valence-electron chi connectivity index (χ4n) is 1.95. The highest BCUT2D eigenvalue weighted by Gasteiger charge is 2.27. The van der Waals surface area contributed by atoms with Crippen molar-refractivity contribution in [3.8, 4) is 0 Å². The van der Waals surface area contributed by atoms with Crippen LogP contribution in [-0.2, 0) is 19.7 Å². The summed E-state index contributed by atoms with van der Waals surface area (Å²) in [6, 6.07) is 0. The molecule has 0 aromatic heterocycles. The average Bonchev–Trinajstić information content (AvgIpc) is 2.20. The van der Waals surface area contributed by atoms with Crippen LogP contribution >= 0.6 is 0 Å². The van der Waals surface area contributed by atoms with Gasteiger partial charge >= 0.3 is 0 Å². The van der Waals surface area contributed by atoms with Gasteiger partial charge in [0.05, 0.1) is 15.9 Å². The van der Waals surface area contributed by atoms with Crippen LogP contribution in [0.3, 0.4) is 0 Å². The van der Waals surface area contributed by atoms with Gasteiger partial charge in [-0.05, 0) is 26.7 Å². The van der Waals surface area contributed by atoms with Crippen LogP contribution in [0, 0.1) is 19.3 Å². The second-order valence-corrected chi connectivity index (χ2v) is 7.12. The van der Waals surface area contributed by atoms with Gasteiger partial charge < -0.3 is 15.6 Å². The van der Waals surface area contributed by atoms with Gasteiger partial charge in [-0.25, -0.2) is 8.42 Å². The second kappa shape index (κ2) is 8.23. The zero-order valence-corrected chi connectivity index (χ0v) is 14.1. The van der Waals surface area contributed by atoms with E-state index in [1.54, 1.807) is 13.8 Å². The van der Waals surface area contributed by atoms with Crippen LogP contribution in [0.4, 0.5) is 0 Å². The lowest BCUT2D eigenvalue weighted by molar-refractivity contribution is -0.127. The topological polar surface area (TPSA) is 129 Å². The molecule has 2 amide bonds. The summed E-state index contributed by atoms with van der Waals surface area (Å²) in [5.41, 5.74) is 4.06. The summed E-state index contributed by atoms with van der Waals surface area (Å²) >= 11 is 0. The van der Waals surface area contributed by atoms with Crippen molar-refractivity contribution >= 4 is 21.9 Å². The number of amides is 2. The van der Waals surface area contributed by atoms with Gasteiger partial charge in [-0.2, -0.15) is 0 Å². The summed E-state index contributed by atoms with van der Waals surface area (Å²) in [7, 11) is -4.43. The van der Waals surface area contributed by atoms with Gasteiger partial charge in [0.1, 0.15) is 0 Å². The third-order valence-corrected chi connectivity index (χ3v) is 4.06. The number of nitrogens with two attached hydrogens (primary N) is 1. The minimum Gasteiger partial charge on any atom is -0.748 e. The molecule has 0 aliphatic rings. The normalized spacial score (nSPS) is 14.7. The van der Waals surface area contributed by atoms with Gasteiger partial charge in [0.15, 0.2) is 0 Å². The molecule has 0 heterocycles. The zero-order chi connectivity index (χ0) is 16.1. The number of carbonyl (C=O) groups excluding carboxylic acids is 2. The fourth-order valence-corrected chi connectivity index (χ4v) is 2.91. The molecule has 7 nitrogen and oxygen atoms in total. The van der Waals surface area contributed by atoms with Gasteiger partial charge in [0.2, 0.25) is 11.8 Å². The molecule has 0 aliphatic heterocycles. The Kier molecular flexibility index (Phi) is 8.63. The first kappa shape index (κ1) is 22.0. The van der Waals surface area contributed by atoms with Crippen molar-refractivity contribution in [2.24, 2.45) is 17.6 Å². The van der Waals surface area contributed by atoms with Crippen molar-refractivity contribution in [3.05, 3.63) is 7.43 Å². The number of hydrogen-bond acceptors (Lipinski definition) is 5. The molecule has 0 rings (SSSR count). The number of rotatable bonds is 8. The van der Waals surface area contributed by atoms with Crippen molar-refractivity contribution in [1.82, 2.24) is 5.32 Å². The first-order chi connectivity index (χ1) is 8.88. The first-order valence-electron chi connectivity index (χ1n) is 6.43. The Labute approximate surface area is 127 Å². The summed E-state index contributed by atoms with van der Waals surface area (Å²) in [6.45, 7) is 6.34. The lowest BCUT2D eigenvalue weighted by atomic mass is 9.92. The molecule has 21 heavy (non-hydrogen) atoms. The Morgan fingerprint density at radius 2 is 1.81 bits per heavy atom. The zero-order valence-electron chi connectivity index (χ0n) is 13.3. The Morgan fingerprint density at radius 1 is 1.33 bits per heavy atom. The Hall–Kier alpha value is -1.28. The average molecular weight is 322 g/mol. The molecule has 0 aromatic rings. The van der Waals surface area contributed by atoms with Crippen molar-refractivity contribution in [2.75, 3.05) is 5.75 Å². The molecular formula is C13H26N2O5S. The van der Waals surface area contributed by atoms with Crippen molar-refractivity contribution in [1.29, 1.82) is 0 Å². The molecule has 2 atom stereocenters. The highest BCUT2D eigenvalue weighted by molar-refractivity contribution is 7.85. The van der Waals surface area contributed by atoms with E-state index in [1.165, 1.54) is 13.8 Å². The van der Waals surface area contributed by atoms with E-state index in [0.29, 0.717) is 6.42 Å². The van der Waals surface area contributed by atoms with Crippen molar-refractivity contribution in [2.45, 2.75) is 46.1 Å². The maximum absolute atomic E-state index is 12.0. The largest absolute Gasteiger partial charge is 0.748 e. The van der Waals surface area contributed by atoms with E-state index in [-0.39, 0.29) is 13.8 Å². The van der Waals surface area contributed by atoms with E-state index in [0.717, 1.165) is 0 Å². The predicted molar refractivity (Wildman–Crippen MR) is 80.0 cm³/mol. The third kappa shape index (κ3) is 9.30.